The van der Waals surface area contributed by atoms with E-state index >= 15 is 0 Å². The van der Waals surface area contributed by atoms with Gasteiger partial charge in [0.1, 0.15) is 18.9 Å². The summed E-state index contributed by atoms with van der Waals surface area (Å²) in [6.07, 6.45) is 1.04. The SMILES string of the molecule is COc1ccc(N(CC(=O)N[C@H](C)COc2ccc(C)cc2)S(C)(=O)=O)cc1OC. The highest BCUT2D eigenvalue weighted by molar-refractivity contribution is 7.92. The quantitative estimate of drug-likeness (QED) is 0.615. The smallest absolute Gasteiger partial charge is 0.241 e. The van der Waals surface area contributed by atoms with Crippen molar-refractivity contribution in [1.82, 2.24) is 5.32 Å². The second-order valence-corrected chi connectivity index (χ2v) is 8.81. The molecule has 2 rings (SSSR count). The lowest BCUT2D eigenvalue weighted by Gasteiger charge is -2.24. The van der Waals surface area contributed by atoms with Crippen LogP contribution in [0.3, 0.4) is 0 Å². The Bertz CT molecular complexity index is 960. The Labute approximate surface area is 177 Å². The summed E-state index contributed by atoms with van der Waals surface area (Å²) in [5, 5.41) is 2.76. The molecule has 0 fully saturated rings. The lowest BCUT2D eigenvalue weighted by Crippen LogP contribution is -2.44. The fraction of sp³-hybridized carbons (Fsp3) is 0.381. The summed E-state index contributed by atoms with van der Waals surface area (Å²) >= 11 is 0. The molecule has 164 valence electrons. The van der Waals surface area contributed by atoms with Crippen LogP contribution in [0, 0.1) is 6.92 Å². The van der Waals surface area contributed by atoms with Crippen molar-refractivity contribution in [2.75, 3.05) is 37.9 Å². The predicted molar refractivity (Wildman–Crippen MR) is 116 cm³/mol. The molecular formula is C21H28N2O6S. The minimum absolute atomic E-state index is 0.254. The third kappa shape index (κ3) is 6.55. The molecule has 1 amide bonds. The first-order valence-electron chi connectivity index (χ1n) is 9.32. The van der Waals surface area contributed by atoms with Gasteiger partial charge >= 0.3 is 0 Å². The Morgan fingerprint density at radius 1 is 1.07 bits per heavy atom. The molecule has 0 unspecified atom stereocenters. The van der Waals surface area contributed by atoms with Crippen LogP contribution in [0.2, 0.25) is 0 Å². The van der Waals surface area contributed by atoms with Crippen LogP contribution in [0.4, 0.5) is 5.69 Å². The van der Waals surface area contributed by atoms with E-state index in [1.54, 1.807) is 19.1 Å². The normalized spacial score (nSPS) is 12.0. The summed E-state index contributed by atoms with van der Waals surface area (Å²) in [6.45, 7) is 3.65. The molecule has 0 heterocycles. The maximum absolute atomic E-state index is 12.5. The van der Waals surface area contributed by atoms with Gasteiger partial charge in [-0.05, 0) is 38.1 Å². The third-order valence-electron chi connectivity index (χ3n) is 4.27. The van der Waals surface area contributed by atoms with Crippen LogP contribution in [-0.2, 0) is 14.8 Å². The van der Waals surface area contributed by atoms with Gasteiger partial charge in [-0.2, -0.15) is 0 Å². The number of benzene rings is 2. The number of ether oxygens (including phenoxy) is 3. The molecule has 1 atom stereocenters. The number of aryl methyl sites for hydroxylation is 1. The molecule has 0 aliphatic heterocycles. The van der Waals surface area contributed by atoms with Crippen LogP contribution < -0.4 is 23.8 Å². The number of carbonyl (C=O) groups is 1. The van der Waals surface area contributed by atoms with Gasteiger partial charge in [0.05, 0.1) is 32.2 Å². The van der Waals surface area contributed by atoms with Crippen molar-refractivity contribution in [3.05, 3.63) is 48.0 Å². The Hall–Kier alpha value is -2.94. The van der Waals surface area contributed by atoms with Crippen LogP contribution in [0.5, 0.6) is 17.2 Å². The van der Waals surface area contributed by atoms with Crippen LogP contribution in [0.25, 0.3) is 0 Å². The number of rotatable bonds is 10. The maximum atomic E-state index is 12.5. The van der Waals surface area contributed by atoms with Crippen molar-refractivity contribution in [2.24, 2.45) is 0 Å². The molecule has 30 heavy (non-hydrogen) atoms. The van der Waals surface area contributed by atoms with E-state index in [9.17, 15) is 13.2 Å². The monoisotopic (exact) mass is 436 g/mol. The van der Waals surface area contributed by atoms with Gasteiger partial charge in [0.25, 0.3) is 0 Å². The van der Waals surface area contributed by atoms with Crippen LogP contribution in [0.15, 0.2) is 42.5 Å². The standard InChI is InChI=1S/C21H28N2O6S/c1-15-6-9-18(10-7-15)29-14-16(2)22-21(24)13-23(30(5,25)26)17-8-11-19(27-3)20(12-17)28-4/h6-12,16H,13-14H2,1-5H3,(H,22,24)/t16-/m1/s1. The second-order valence-electron chi connectivity index (χ2n) is 6.90. The number of carbonyl (C=O) groups excluding carboxylic acids is 1. The lowest BCUT2D eigenvalue weighted by molar-refractivity contribution is -0.120. The van der Waals surface area contributed by atoms with Crippen molar-refractivity contribution in [3.63, 3.8) is 0 Å². The van der Waals surface area contributed by atoms with Crippen molar-refractivity contribution in [1.29, 1.82) is 0 Å². The summed E-state index contributed by atoms with van der Waals surface area (Å²) in [7, 11) is -0.769. The summed E-state index contributed by atoms with van der Waals surface area (Å²) in [6, 6.07) is 11.9. The first-order chi connectivity index (χ1) is 14.1. The lowest BCUT2D eigenvalue weighted by atomic mass is 10.2. The fourth-order valence-electron chi connectivity index (χ4n) is 2.73. The Balaban J connectivity index is 2.04. The highest BCUT2D eigenvalue weighted by atomic mass is 32.2. The zero-order chi connectivity index (χ0) is 22.3. The van der Waals surface area contributed by atoms with Crippen molar-refractivity contribution in [3.8, 4) is 17.2 Å². The molecule has 9 heteroatoms. The van der Waals surface area contributed by atoms with E-state index in [1.165, 1.54) is 20.3 Å². The molecule has 8 nitrogen and oxygen atoms in total. The molecule has 2 aromatic carbocycles. The van der Waals surface area contributed by atoms with Gasteiger partial charge in [-0.15, -0.1) is 0 Å². The van der Waals surface area contributed by atoms with Gasteiger partial charge in [-0.3, -0.25) is 9.10 Å². The molecular weight excluding hydrogens is 408 g/mol. The van der Waals surface area contributed by atoms with Gasteiger partial charge in [-0.25, -0.2) is 8.42 Å². The number of methoxy groups -OCH3 is 2. The number of amides is 1. The number of hydrogen-bond donors (Lipinski definition) is 1. The van der Waals surface area contributed by atoms with E-state index in [1.807, 2.05) is 31.2 Å². The molecule has 0 aromatic heterocycles. The van der Waals surface area contributed by atoms with Crippen molar-refractivity contribution >= 4 is 21.6 Å². The summed E-state index contributed by atoms with van der Waals surface area (Å²) < 4.78 is 41.7. The fourth-order valence-corrected chi connectivity index (χ4v) is 3.58. The number of hydrogen-bond acceptors (Lipinski definition) is 6. The Morgan fingerprint density at radius 3 is 2.27 bits per heavy atom. The average Bonchev–Trinajstić information content (AvgIpc) is 2.70. The number of nitrogens with zero attached hydrogens (tertiary/aromatic N) is 1. The van der Waals surface area contributed by atoms with E-state index in [0.717, 1.165) is 16.1 Å². The first-order valence-corrected chi connectivity index (χ1v) is 11.2. The van der Waals surface area contributed by atoms with Gasteiger partial charge in [0, 0.05) is 6.07 Å². The maximum Gasteiger partial charge on any atom is 0.241 e. The molecule has 0 saturated heterocycles. The number of anilines is 1. The minimum atomic E-state index is -3.71. The van der Waals surface area contributed by atoms with E-state index < -0.39 is 15.9 Å². The van der Waals surface area contributed by atoms with Gasteiger partial charge in [0.2, 0.25) is 15.9 Å². The van der Waals surface area contributed by atoms with Gasteiger partial charge < -0.3 is 19.5 Å². The average molecular weight is 437 g/mol. The Morgan fingerprint density at radius 2 is 1.70 bits per heavy atom. The zero-order valence-electron chi connectivity index (χ0n) is 17.8. The van der Waals surface area contributed by atoms with Gasteiger partial charge in [0.15, 0.2) is 11.5 Å². The number of nitrogens with one attached hydrogen (secondary N) is 1. The van der Waals surface area contributed by atoms with E-state index in [4.69, 9.17) is 14.2 Å². The van der Waals surface area contributed by atoms with Crippen molar-refractivity contribution in [2.45, 2.75) is 19.9 Å². The van der Waals surface area contributed by atoms with Crippen LogP contribution >= 0.6 is 0 Å². The summed E-state index contributed by atoms with van der Waals surface area (Å²) in [5.74, 6) is 1.07. The molecule has 0 saturated carbocycles. The van der Waals surface area contributed by atoms with E-state index in [2.05, 4.69) is 5.32 Å². The summed E-state index contributed by atoms with van der Waals surface area (Å²) in [5.41, 5.74) is 1.42. The molecule has 0 bridgehead atoms. The van der Waals surface area contributed by atoms with Crippen molar-refractivity contribution < 1.29 is 27.4 Å². The molecule has 1 N–H and O–H groups in total. The highest BCUT2D eigenvalue weighted by Crippen LogP contribution is 2.32. The third-order valence-corrected chi connectivity index (χ3v) is 5.41. The minimum Gasteiger partial charge on any atom is -0.493 e. The zero-order valence-corrected chi connectivity index (χ0v) is 18.7. The van der Waals surface area contributed by atoms with E-state index in [0.29, 0.717) is 22.9 Å². The topological polar surface area (TPSA) is 94.2 Å². The van der Waals surface area contributed by atoms with E-state index in [-0.39, 0.29) is 19.2 Å². The highest BCUT2D eigenvalue weighted by Gasteiger charge is 2.23. The Kier molecular flexibility index (Phi) is 7.93. The summed E-state index contributed by atoms with van der Waals surface area (Å²) in [4.78, 5) is 12.5. The first kappa shape index (κ1) is 23.3. The van der Waals surface area contributed by atoms with Crippen LogP contribution in [0.1, 0.15) is 12.5 Å². The molecule has 0 aliphatic carbocycles. The largest absolute Gasteiger partial charge is 0.493 e. The molecule has 0 spiro atoms. The number of sulfonamides is 1. The van der Waals surface area contributed by atoms with Gasteiger partial charge in [-0.1, -0.05) is 17.7 Å². The molecule has 0 aliphatic rings. The molecule has 0 radical (unpaired) electrons. The predicted octanol–water partition coefficient (Wildman–Crippen LogP) is 2.36. The second kappa shape index (κ2) is 10.2. The van der Waals surface area contributed by atoms with Crippen LogP contribution in [-0.4, -0.2) is 54.0 Å². The molecule has 2 aromatic rings.